The molecule has 0 spiro atoms. The molecule has 0 heterocycles. The van der Waals surface area contributed by atoms with Crippen LogP contribution in [-0.2, 0) is 9.53 Å². The van der Waals surface area contributed by atoms with Gasteiger partial charge in [0, 0.05) is 38.2 Å². The first-order valence-electron chi connectivity index (χ1n) is 9.96. The molecule has 2 rings (SSSR count). The second kappa shape index (κ2) is 11.4. The van der Waals surface area contributed by atoms with Gasteiger partial charge < -0.3 is 24.2 Å². The third-order valence-electron chi connectivity index (χ3n) is 5.25. The highest BCUT2D eigenvalue weighted by Gasteiger charge is 2.28. The van der Waals surface area contributed by atoms with Gasteiger partial charge >= 0.3 is 6.09 Å². The lowest BCUT2D eigenvalue weighted by atomic mass is 9.92. The topological polar surface area (TPSA) is 62.3 Å². The molecule has 2 amide bonds. The molecule has 0 unspecified atom stereocenters. The van der Waals surface area contributed by atoms with Gasteiger partial charge in [0.2, 0.25) is 5.91 Å². The van der Waals surface area contributed by atoms with E-state index in [1.807, 2.05) is 19.0 Å². The molecular formula is C21H32ClN3O4. The van der Waals surface area contributed by atoms with Crippen molar-refractivity contribution in [3.8, 4) is 5.75 Å². The number of benzene rings is 1. The van der Waals surface area contributed by atoms with Gasteiger partial charge in [0.15, 0.2) is 0 Å². The van der Waals surface area contributed by atoms with Gasteiger partial charge in [-0.25, -0.2) is 4.79 Å². The van der Waals surface area contributed by atoms with Crippen LogP contribution in [0.3, 0.4) is 0 Å². The molecule has 0 aromatic heterocycles. The van der Waals surface area contributed by atoms with E-state index in [0.717, 1.165) is 32.2 Å². The van der Waals surface area contributed by atoms with Crippen molar-refractivity contribution in [3.05, 3.63) is 29.3 Å². The number of carbonyl (C=O) groups excluding carboxylic acids is 2. The number of ether oxygens (including phenoxy) is 2. The maximum Gasteiger partial charge on any atom is 0.415 e. The first kappa shape index (κ1) is 23.4. The van der Waals surface area contributed by atoms with E-state index in [1.165, 1.54) is 0 Å². The van der Waals surface area contributed by atoms with Gasteiger partial charge in [-0.15, -0.1) is 0 Å². The van der Waals surface area contributed by atoms with Gasteiger partial charge in [-0.05, 0) is 64.0 Å². The number of amides is 2. The summed E-state index contributed by atoms with van der Waals surface area (Å²) in [5, 5.41) is 0.596. The molecule has 1 fully saturated rings. The fourth-order valence-electron chi connectivity index (χ4n) is 3.20. The zero-order chi connectivity index (χ0) is 21.4. The normalized spacial score (nSPS) is 19.1. The Hall–Kier alpha value is -1.83. The fourth-order valence-corrected chi connectivity index (χ4v) is 3.32. The van der Waals surface area contributed by atoms with Crippen molar-refractivity contribution in [1.82, 2.24) is 14.7 Å². The molecule has 0 atom stereocenters. The Morgan fingerprint density at radius 1 is 1.00 bits per heavy atom. The summed E-state index contributed by atoms with van der Waals surface area (Å²) < 4.78 is 11.2. The van der Waals surface area contributed by atoms with Crippen molar-refractivity contribution in [3.63, 3.8) is 0 Å². The first-order valence-corrected chi connectivity index (χ1v) is 10.3. The van der Waals surface area contributed by atoms with E-state index in [1.54, 1.807) is 48.2 Å². The van der Waals surface area contributed by atoms with Crippen LogP contribution in [0.25, 0.3) is 0 Å². The summed E-state index contributed by atoms with van der Waals surface area (Å²) in [6.07, 6.45) is 2.95. The Morgan fingerprint density at radius 2 is 1.62 bits per heavy atom. The Labute approximate surface area is 178 Å². The summed E-state index contributed by atoms with van der Waals surface area (Å²) in [6, 6.07) is 6.82. The van der Waals surface area contributed by atoms with E-state index in [2.05, 4.69) is 0 Å². The molecule has 1 aromatic rings. The minimum Gasteiger partial charge on any atom is -0.410 e. The summed E-state index contributed by atoms with van der Waals surface area (Å²) in [5.41, 5.74) is 0. The molecule has 1 saturated carbocycles. The first-order chi connectivity index (χ1) is 13.8. The van der Waals surface area contributed by atoms with Crippen LogP contribution in [0.15, 0.2) is 24.3 Å². The molecule has 0 bridgehead atoms. The molecule has 29 heavy (non-hydrogen) atoms. The Bertz CT molecular complexity index is 660. The van der Waals surface area contributed by atoms with E-state index in [0.29, 0.717) is 17.3 Å². The molecule has 0 aliphatic heterocycles. The lowest BCUT2D eigenvalue weighted by Gasteiger charge is -2.34. The lowest BCUT2D eigenvalue weighted by Crippen LogP contribution is -2.42. The predicted molar refractivity (Wildman–Crippen MR) is 113 cm³/mol. The average Bonchev–Trinajstić information content (AvgIpc) is 2.71. The standard InChI is InChI=1S/C21H32ClN3O4/c1-23(2)13-14-24(3)20(26)15-28-18-11-7-17(8-12-18)25(4)21(27)29-19-9-5-16(22)6-10-19/h5-6,9-10,17-18H,7-8,11-15H2,1-4H3/t17-,18-. The second-order valence-corrected chi connectivity index (χ2v) is 8.23. The molecule has 0 N–H and O–H groups in total. The molecule has 0 saturated heterocycles. The van der Waals surface area contributed by atoms with Crippen LogP contribution in [-0.4, -0.2) is 86.7 Å². The Morgan fingerprint density at radius 3 is 2.21 bits per heavy atom. The van der Waals surface area contributed by atoms with Gasteiger partial charge in [0.1, 0.15) is 12.4 Å². The monoisotopic (exact) mass is 425 g/mol. The summed E-state index contributed by atoms with van der Waals surface area (Å²) in [7, 11) is 7.52. The predicted octanol–water partition coefficient (Wildman–Crippen LogP) is 3.12. The summed E-state index contributed by atoms with van der Waals surface area (Å²) in [4.78, 5) is 29.9. The third kappa shape index (κ3) is 7.84. The molecule has 0 radical (unpaired) electrons. The SMILES string of the molecule is CN(C)CCN(C)C(=O)CO[C@H]1CC[C@H](N(C)C(=O)Oc2ccc(Cl)cc2)CC1. The van der Waals surface area contributed by atoms with Crippen molar-refractivity contribution < 1.29 is 19.1 Å². The van der Waals surface area contributed by atoms with Crippen molar-refractivity contribution >= 4 is 23.6 Å². The number of carbonyl (C=O) groups is 2. The van der Waals surface area contributed by atoms with E-state index in [-0.39, 0.29) is 30.8 Å². The molecule has 1 aromatic carbocycles. The molecular weight excluding hydrogens is 394 g/mol. The van der Waals surface area contributed by atoms with Gasteiger partial charge in [-0.2, -0.15) is 0 Å². The average molecular weight is 426 g/mol. The highest BCUT2D eigenvalue weighted by molar-refractivity contribution is 6.30. The van der Waals surface area contributed by atoms with Crippen LogP contribution in [0.5, 0.6) is 5.75 Å². The van der Waals surface area contributed by atoms with Crippen LogP contribution in [0.4, 0.5) is 4.79 Å². The van der Waals surface area contributed by atoms with Crippen LogP contribution in [0.1, 0.15) is 25.7 Å². The smallest absolute Gasteiger partial charge is 0.410 e. The van der Waals surface area contributed by atoms with Crippen LogP contribution < -0.4 is 4.74 Å². The highest BCUT2D eigenvalue weighted by atomic mass is 35.5. The molecule has 1 aliphatic rings. The van der Waals surface area contributed by atoms with Gasteiger partial charge in [-0.1, -0.05) is 11.6 Å². The van der Waals surface area contributed by atoms with Crippen LogP contribution in [0.2, 0.25) is 5.02 Å². The van der Waals surface area contributed by atoms with Crippen LogP contribution >= 0.6 is 11.6 Å². The summed E-state index contributed by atoms with van der Waals surface area (Å²) in [6.45, 7) is 1.61. The number of likely N-dealkylation sites (N-methyl/N-ethyl adjacent to an activating group) is 2. The van der Waals surface area contributed by atoms with Gasteiger partial charge in [0.25, 0.3) is 0 Å². The number of hydrogen-bond donors (Lipinski definition) is 0. The maximum absolute atomic E-state index is 12.4. The van der Waals surface area contributed by atoms with Crippen molar-refractivity contribution in [2.24, 2.45) is 0 Å². The number of rotatable bonds is 8. The van der Waals surface area contributed by atoms with Crippen LogP contribution in [0, 0.1) is 0 Å². The minimum absolute atomic E-state index is 0.00219. The van der Waals surface area contributed by atoms with Crippen molar-refractivity contribution in [1.29, 1.82) is 0 Å². The van der Waals surface area contributed by atoms with E-state index in [4.69, 9.17) is 21.1 Å². The van der Waals surface area contributed by atoms with E-state index < -0.39 is 0 Å². The molecule has 8 heteroatoms. The van der Waals surface area contributed by atoms with Crippen molar-refractivity contribution in [2.75, 3.05) is 47.9 Å². The quantitative estimate of drug-likeness (QED) is 0.640. The maximum atomic E-state index is 12.4. The summed E-state index contributed by atoms with van der Waals surface area (Å²) >= 11 is 5.85. The largest absolute Gasteiger partial charge is 0.415 e. The third-order valence-corrected chi connectivity index (χ3v) is 5.50. The summed E-state index contributed by atoms with van der Waals surface area (Å²) in [5.74, 6) is 0.470. The fraction of sp³-hybridized carbons (Fsp3) is 0.619. The number of halogens is 1. The molecule has 1 aliphatic carbocycles. The van der Waals surface area contributed by atoms with E-state index in [9.17, 15) is 9.59 Å². The number of nitrogens with zero attached hydrogens (tertiary/aromatic N) is 3. The Balaban J connectivity index is 1.70. The van der Waals surface area contributed by atoms with Gasteiger partial charge in [-0.3, -0.25) is 4.79 Å². The lowest BCUT2D eigenvalue weighted by molar-refractivity contribution is -0.137. The minimum atomic E-state index is -0.380. The highest BCUT2D eigenvalue weighted by Crippen LogP contribution is 2.25. The molecule has 162 valence electrons. The second-order valence-electron chi connectivity index (χ2n) is 7.79. The Kier molecular flexibility index (Phi) is 9.20. The van der Waals surface area contributed by atoms with E-state index >= 15 is 0 Å². The zero-order valence-electron chi connectivity index (χ0n) is 17.8. The number of hydrogen-bond acceptors (Lipinski definition) is 5. The molecule has 7 nitrogen and oxygen atoms in total. The van der Waals surface area contributed by atoms with Gasteiger partial charge in [0.05, 0.1) is 6.10 Å². The zero-order valence-corrected chi connectivity index (χ0v) is 18.5. The van der Waals surface area contributed by atoms with Crippen molar-refractivity contribution in [2.45, 2.75) is 37.8 Å².